The van der Waals surface area contributed by atoms with Crippen molar-refractivity contribution in [2.45, 2.75) is 32.0 Å². The summed E-state index contributed by atoms with van der Waals surface area (Å²) in [5.74, 6) is -1.32. The van der Waals surface area contributed by atoms with Gasteiger partial charge in [-0.25, -0.2) is 0 Å². The molecule has 0 saturated carbocycles. The lowest BCUT2D eigenvalue weighted by molar-refractivity contribution is -0.186. The van der Waals surface area contributed by atoms with E-state index in [2.05, 4.69) is 23.1 Å². The van der Waals surface area contributed by atoms with Gasteiger partial charge in [0.15, 0.2) is 0 Å². The molecule has 0 aromatic heterocycles. The Bertz CT molecular complexity index is 565. The Morgan fingerprint density at radius 2 is 1.74 bits per heavy atom. The Labute approximate surface area is 134 Å². The van der Waals surface area contributed by atoms with Gasteiger partial charge in [0.1, 0.15) is 0 Å². The average Bonchev–Trinajstić information content (AvgIpc) is 2.54. The van der Waals surface area contributed by atoms with E-state index >= 15 is 0 Å². The minimum Gasteiger partial charge on any atom is -0.335 e. The molecule has 2 aliphatic rings. The van der Waals surface area contributed by atoms with Crippen LogP contribution in [0.15, 0.2) is 24.3 Å². The molecule has 0 unspecified atom stereocenters. The maximum absolute atomic E-state index is 12.4. The number of hydrogen-bond donors (Lipinski definition) is 0. The summed E-state index contributed by atoms with van der Waals surface area (Å²) < 4.78 is 37.3. The Kier molecular flexibility index (Phi) is 4.62. The standard InChI is InChI=1S/C17H21F3N2O/c18-17(19,20)16(23)22-9-5-13(6-10-22)11-21-8-7-14-3-1-2-4-15(14)12-21/h1-4,13H,5-12H2. The van der Waals surface area contributed by atoms with Crippen LogP contribution in [0.25, 0.3) is 0 Å². The van der Waals surface area contributed by atoms with Crippen molar-refractivity contribution >= 4 is 5.91 Å². The first kappa shape index (κ1) is 16.3. The van der Waals surface area contributed by atoms with Gasteiger partial charge in [-0.3, -0.25) is 9.69 Å². The second kappa shape index (κ2) is 6.51. The predicted molar refractivity (Wildman–Crippen MR) is 80.8 cm³/mol. The highest BCUT2D eigenvalue weighted by molar-refractivity contribution is 5.81. The van der Waals surface area contributed by atoms with Crippen LogP contribution in [0.5, 0.6) is 0 Å². The van der Waals surface area contributed by atoms with Crippen LogP contribution < -0.4 is 0 Å². The van der Waals surface area contributed by atoms with Crippen LogP contribution in [0.4, 0.5) is 13.2 Å². The third kappa shape index (κ3) is 3.86. The number of hydrogen-bond acceptors (Lipinski definition) is 2. The maximum atomic E-state index is 12.4. The molecule has 2 aliphatic heterocycles. The number of likely N-dealkylation sites (tertiary alicyclic amines) is 1. The molecule has 1 fully saturated rings. The van der Waals surface area contributed by atoms with Crippen LogP contribution in [0, 0.1) is 5.92 Å². The molecule has 1 aromatic carbocycles. The van der Waals surface area contributed by atoms with Crippen molar-refractivity contribution < 1.29 is 18.0 Å². The van der Waals surface area contributed by atoms with E-state index in [-0.39, 0.29) is 13.1 Å². The maximum Gasteiger partial charge on any atom is 0.471 e. The molecule has 0 bridgehead atoms. The molecule has 23 heavy (non-hydrogen) atoms. The van der Waals surface area contributed by atoms with E-state index in [1.54, 1.807) is 0 Å². The summed E-state index contributed by atoms with van der Waals surface area (Å²) in [5, 5.41) is 0. The number of nitrogens with zero attached hydrogens (tertiary/aromatic N) is 2. The monoisotopic (exact) mass is 326 g/mol. The van der Waals surface area contributed by atoms with Gasteiger partial charge in [0, 0.05) is 32.7 Å². The predicted octanol–water partition coefficient (Wildman–Crippen LogP) is 2.85. The highest BCUT2D eigenvalue weighted by Crippen LogP contribution is 2.26. The fraction of sp³-hybridized carbons (Fsp3) is 0.588. The molecule has 0 spiro atoms. The van der Waals surface area contributed by atoms with E-state index in [9.17, 15) is 18.0 Å². The van der Waals surface area contributed by atoms with Crippen molar-refractivity contribution in [2.75, 3.05) is 26.2 Å². The van der Waals surface area contributed by atoms with Gasteiger partial charge in [0.05, 0.1) is 0 Å². The zero-order valence-corrected chi connectivity index (χ0v) is 13.0. The molecule has 0 radical (unpaired) electrons. The normalized spacial score (nSPS) is 20.4. The second-order valence-corrected chi connectivity index (χ2v) is 6.49. The summed E-state index contributed by atoms with van der Waals surface area (Å²) in [4.78, 5) is 14.6. The fourth-order valence-corrected chi connectivity index (χ4v) is 3.57. The lowest BCUT2D eigenvalue weighted by atomic mass is 9.94. The largest absolute Gasteiger partial charge is 0.471 e. The quantitative estimate of drug-likeness (QED) is 0.834. The first-order valence-electron chi connectivity index (χ1n) is 8.09. The van der Waals surface area contributed by atoms with E-state index in [0.717, 1.165) is 31.0 Å². The minimum absolute atomic E-state index is 0.216. The Balaban J connectivity index is 1.49. The van der Waals surface area contributed by atoms with Gasteiger partial charge in [-0.2, -0.15) is 13.2 Å². The molecule has 1 amide bonds. The van der Waals surface area contributed by atoms with Crippen LogP contribution in [-0.2, 0) is 17.8 Å². The van der Waals surface area contributed by atoms with Crippen molar-refractivity contribution in [2.24, 2.45) is 5.92 Å². The fourth-order valence-electron chi connectivity index (χ4n) is 3.57. The zero-order chi connectivity index (χ0) is 16.4. The summed E-state index contributed by atoms with van der Waals surface area (Å²) in [5.41, 5.74) is 2.75. The second-order valence-electron chi connectivity index (χ2n) is 6.49. The highest BCUT2D eigenvalue weighted by atomic mass is 19.4. The Morgan fingerprint density at radius 1 is 1.09 bits per heavy atom. The molecule has 1 saturated heterocycles. The van der Waals surface area contributed by atoms with Crippen LogP contribution in [0.3, 0.4) is 0 Å². The van der Waals surface area contributed by atoms with E-state index in [1.165, 1.54) is 11.1 Å². The summed E-state index contributed by atoms with van der Waals surface area (Å²) in [6.07, 6.45) is -2.41. The Hall–Kier alpha value is -1.56. The number of benzene rings is 1. The van der Waals surface area contributed by atoms with E-state index in [4.69, 9.17) is 0 Å². The molecular weight excluding hydrogens is 305 g/mol. The van der Waals surface area contributed by atoms with Crippen molar-refractivity contribution in [1.82, 2.24) is 9.80 Å². The lowest BCUT2D eigenvalue weighted by Crippen LogP contribution is -2.47. The highest BCUT2D eigenvalue weighted by Gasteiger charge is 2.43. The molecule has 3 rings (SSSR count). The van der Waals surface area contributed by atoms with Gasteiger partial charge in [-0.1, -0.05) is 24.3 Å². The number of alkyl halides is 3. The molecule has 0 atom stereocenters. The van der Waals surface area contributed by atoms with Gasteiger partial charge < -0.3 is 4.90 Å². The number of carbonyl (C=O) groups excluding carboxylic acids is 1. The van der Waals surface area contributed by atoms with Gasteiger partial charge in [0.25, 0.3) is 0 Å². The molecular formula is C17H21F3N2O. The van der Waals surface area contributed by atoms with Gasteiger partial charge in [-0.15, -0.1) is 0 Å². The summed E-state index contributed by atoms with van der Waals surface area (Å²) >= 11 is 0. The van der Waals surface area contributed by atoms with Crippen LogP contribution in [0.2, 0.25) is 0 Å². The zero-order valence-electron chi connectivity index (χ0n) is 13.0. The topological polar surface area (TPSA) is 23.6 Å². The van der Waals surface area contributed by atoms with Crippen molar-refractivity contribution in [1.29, 1.82) is 0 Å². The smallest absolute Gasteiger partial charge is 0.335 e. The van der Waals surface area contributed by atoms with Crippen LogP contribution in [-0.4, -0.2) is 48.1 Å². The van der Waals surface area contributed by atoms with Crippen molar-refractivity contribution in [3.8, 4) is 0 Å². The van der Waals surface area contributed by atoms with Crippen LogP contribution in [0.1, 0.15) is 24.0 Å². The molecule has 0 N–H and O–H groups in total. The van der Waals surface area contributed by atoms with Gasteiger partial charge in [-0.05, 0) is 36.3 Å². The van der Waals surface area contributed by atoms with Crippen molar-refractivity contribution in [3.05, 3.63) is 35.4 Å². The number of fused-ring (bicyclic) bond motifs is 1. The number of rotatable bonds is 2. The minimum atomic E-state index is -4.75. The molecule has 1 aromatic rings. The lowest BCUT2D eigenvalue weighted by Gasteiger charge is -2.36. The third-order valence-corrected chi connectivity index (χ3v) is 4.87. The van der Waals surface area contributed by atoms with Crippen LogP contribution >= 0.6 is 0 Å². The molecule has 126 valence electrons. The molecule has 3 nitrogen and oxygen atoms in total. The summed E-state index contributed by atoms with van der Waals surface area (Å²) in [7, 11) is 0. The number of halogens is 3. The summed E-state index contributed by atoms with van der Waals surface area (Å²) in [6, 6.07) is 8.41. The number of amides is 1. The molecule has 2 heterocycles. The average molecular weight is 326 g/mol. The first-order chi connectivity index (χ1) is 10.9. The number of piperidine rings is 1. The molecule has 0 aliphatic carbocycles. The number of carbonyl (C=O) groups is 1. The first-order valence-corrected chi connectivity index (χ1v) is 8.09. The van der Waals surface area contributed by atoms with E-state index in [1.807, 2.05) is 6.07 Å². The molecule has 6 heteroatoms. The van der Waals surface area contributed by atoms with E-state index < -0.39 is 12.1 Å². The van der Waals surface area contributed by atoms with Gasteiger partial charge in [0.2, 0.25) is 0 Å². The van der Waals surface area contributed by atoms with E-state index in [0.29, 0.717) is 18.8 Å². The third-order valence-electron chi connectivity index (χ3n) is 4.87. The summed E-state index contributed by atoms with van der Waals surface area (Å²) in [6.45, 7) is 3.25. The van der Waals surface area contributed by atoms with Gasteiger partial charge >= 0.3 is 12.1 Å². The SMILES string of the molecule is O=C(N1CCC(CN2CCc3ccccc3C2)CC1)C(F)(F)F. The Morgan fingerprint density at radius 3 is 2.39 bits per heavy atom. The van der Waals surface area contributed by atoms with Crippen molar-refractivity contribution in [3.63, 3.8) is 0 Å².